The Kier molecular flexibility index (Phi) is 36.0. The van der Waals surface area contributed by atoms with Crippen molar-refractivity contribution in [1.82, 2.24) is 55.6 Å². The number of nitrogens with zero attached hydrogens (tertiary/aromatic N) is 7. The van der Waals surface area contributed by atoms with Crippen LogP contribution in [0.3, 0.4) is 0 Å². The van der Waals surface area contributed by atoms with Crippen LogP contribution in [0.2, 0.25) is 0 Å². The average Bonchev–Trinajstić information content (AvgIpc) is 0.803. The minimum absolute atomic E-state index is 0.0265. The largest absolute Gasteiger partial charge is 0.481 e. The van der Waals surface area contributed by atoms with E-state index in [9.17, 15) is 43.2 Å². The van der Waals surface area contributed by atoms with Crippen LogP contribution in [0.5, 0.6) is 5.75 Å². The molecule has 0 bridgehead atoms. The molecule has 1 aliphatic heterocycles. The number of hydrogen-bond donors (Lipinski definition) is 5. The summed E-state index contributed by atoms with van der Waals surface area (Å²) in [5, 5.41) is 23.5. The summed E-state index contributed by atoms with van der Waals surface area (Å²) in [4.78, 5) is 170. The van der Waals surface area contributed by atoms with Gasteiger partial charge in [0.15, 0.2) is 6.35 Å². The molecular weight excluding hydrogens is 1290 g/mol. The molecular formula is C71H122N11O16P. The van der Waals surface area contributed by atoms with Crippen molar-refractivity contribution in [2.75, 3.05) is 75.9 Å². The molecule has 2 rings (SSSR count). The second-order valence-corrected chi connectivity index (χ2v) is 31.1. The number of likely N-dealkylation sites (N-methyl/N-ethyl adjacent to an activating group) is 7. The SMILES string of the molecule is CCOP(=O)(COc1ccc(/C=C/C[C@@H](C)[C@@H](O)[C@H]2C(=O)N[C@@H](CC)C(=O)N(C)CC(=O)N(C)[C@@H](CC(C)C)C(=O)N[C@@H](C(C)C)C(=O)N(C)[C@@H](CC(C)C)C(=O)N[C@@H](C)C(=O)N[C@H](C)C(=O)N(C)[C@@H](CC(C)C)C(=O)N(C)[C@@H](CC(C)C)C(=O)N(C)[C@@H](C(C)C)C(=O)N2C)cc1)OC. The average molecular weight is 1420 g/mol. The Labute approximate surface area is 589 Å². The van der Waals surface area contributed by atoms with Gasteiger partial charge in [-0.05, 0) is 118 Å². The van der Waals surface area contributed by atoms with Gasteiger partial charge in [0.2, 0.25) is 65.0 Å². The van der Waals surface area contributed by atoms with Gasteiger partial charge in [0, 0.05) is 56.4 Å². The van der Waals surface area contributed by atoms with Gasteiger partial charge in [-0.25, -0.2) is 0 Å². The summed E-state index contributed by atoms with van der Waals surface area (Å²) in [6.07, 6.45) is 2.24. The number of carbonyl (C=O) groups is 11. The zero-order valence-electron chi connectivity index (χ0n) is 63.9. The van der Waals surface area contributed by atoms with E-state index >= 15 is 19.2 Å². The molecule has 1 saturated heterocycles. The smallest absolute Gasteiger partial charge is 0.367 e. The lowest BCUT2D eigenvalue weighted by atomic mass is 9.91. The van der Waals surface area contributed by atoms with E-state index in [-0.39, 0.29) is 75.2 Å². The molecule has 0 aliphatic carbocycles. The molecule has 28 heteroatoms. The van der Waals surface area contributed by atoms with Crippen LogP contribution in [0.15, 0.2) is 30.3 Å². The molecule has 1 fully saturated rings. The summed E-state index contributed by atoms with van der Waals surface area (Å²) < 4.78 is 28.8. The van der Waals surface area contributed by atoms with Gasteiger partial charge in [-0.2, -0.15) is 0 Å². The maximum atomic E-state index is 15.5. The molecule has 562 valence electrons. The van der Waals surface area contributed by atoms with Crippen LogP contribution in [0.4, 0.5) is 0 Å². The molecule has 1 heterocycles. The fraction of sp³-hybridized carbons (Fsp3) is 0.732. The van der Waals surface area contributed by atoms with Crippen molar-refractivity contribution in [3.63, 3.8) is 0 Å². The number of nitrogens with one attached hydrogen (secondary N) is 4. The van der Waals surface area contributed by atoms with E-state index in [1.165, 1.54) is 94.8 Å². The lowest BCUT2D eigenvalue weighted by Gasteiger charge is -2.41. The molecule has 0 spiro atoms. The molecule has 0 aromatic heterocycles. The molecule has 1 aliphatic rings. The Bertz CT molecular complexity index is 2960. The lowest BCUT2D eigenvalue weighted by Crippen LogP contribution is -2.63. The molecule has 5 N–H and O–H groups in total. The van der Waals surface area contributed by atoms with Gasteiger partial charge < -0.3 is 74.5 Å². The number of aliphatic hydroxyl groups excluding tert-OH is 1. The number of allylic oxidation sites excluding steroid dienone is 1. The topological polar surface area (TPSA) is 324 Å². The van der Waals surface area contributed by atoms with E-state index in [1.807, 2.05) is 55.4 Å². The lowest BCUT2D eigenvalue weighted by molar-refractivity contribution is -0.157. The Hall–Kier alpha value is -6.96. The predicted molar refractivity (Wildman–Crippen MR) is 381 cm³/mol. The molecule has 0 saturated carbocycles. The third-order valence-electron chi connectivity index (χ3n) is 18.0. The molecule has 1 aromatic carbocycles. The van der Waals surface area contributed by atoms with E-state index in [4.69, 9.17) is 13.8 Å². The molecule has 1 aromatic rings. The fourth-order valence-corrected chi connectivity index (χ4v) is 12.9. The summed E-state index contributed by atoms with van der Waals surface area (Å²) in [6, 6.07) is -5.96. The van der Waals surface area contributed by atoms with Crippen molar-refractivity contribution in [2.45, 2.75) is 223 Å². The summed E-state index contributed by atoms with van der Waals surface area (Å²) in [6.45, 7) is 29.1. The first-order valence-corrected chi connectivity index (χ1v) is 36.6. The van der Waals surface area contributed by atoms with Crippen molar-refractivity contribution in [3.05, 3.63) is 35.9 Å². The van der Waals surface area contributed by atoms with Crippen LogP contribution in [0.1, 0.15) is 162 Å². The van der Waals surface area contributed by atoms with Crippen LogP contribution < -0.4 is 26.0 Å². The number of carbonyl (C=O) groups excluding carboxylic acids is 11. The first kappa shape index (κ1) is 88.1. The Morgan fingerprint density at radius 2 is 0.980 bits per heavy atom. The van der Waals surface area contributed by atoms with E-state index in [0.717, 1.165) is 15.4 Å². The highest BCUT2D eigenvalue weighted by Crippen LogP contribution is 2.47. The van der Waals surface area contributed by atoms with Crippen molar-refractivity contribution in [2.24, 2.45) is 41.4 Å². The van der Waals surface area contributed by atoms with E-state index in [1.54, 1.807) is 84.9 Å². The zero-order valence-corrected chi connectivity index (χ0v) is 64.8. The van der Waals surface area contributed by atoms with Crippen LogP contribution in [0, 0.1) is 41.4 Å². The van der Waals surface area contributed by atoms with Crippen LogP contribution >= 0.6 is 7.60 Å². The number of benzene rings is 1. The van der Waals surface area contributed by atoms with Crippen molar-refractivity contribution < 1.29 is 76.2 Å². The van der Waals surface area contributed by atoms with E-state index in [2.05, 4.69) is 21.3 Å². The third-order valence-corrected chi connectivity index (χ3v) is 19.7. The van der Waals surface area contributed by atoms with Crippen LogP contribution in [-0.4, -0.2) is 247 Å². The van der Waals surface area contributed by atoms with Gasteiger partial charge in [0.1, 0.15) is 66.2 Å². The van der Waals surface area contributed by atoms with Crippen molar-refractivity contribution in [1.29, 1.82) is 0 Å². The fourth-order valence-electron chi connectivity index (χ4n) is 11.9. The van der Waals surface area contributed by atoms with Gasteiger partial charge in [-0.3, -0.25) is 57.3 Å². The van der Waals surface area contributed by atoms with E-state index in [0.29, 0.717) is 5.75 Å². The maximum absolute atomic E-state index is 15.5. The quantitative estimate of drug-likeness (QED) is 0.0880. The molecule has 11 amide bonds. The highest BCUT2D eigenvalue weighted by atomic mass is 31.2. The minimum Gasteiger partial charge on any atom is -0.481 e. The number of aliphatic hydroxyl groups is 1. The highest BCUT2D eigenvalue weighted by molar-refractivity contribution is 7.53. The Morgan fingerprint density at radius 3 is 1.45 bits per heavy atom. The summed E-state index contributed by atoms with van der Waals surface area (Å²) in [7, 11) is 7.62. The standard InChI is InChI=1S/C71H122N11O16P/c1-26-52-67(90)76(18)39-57(83)77(19)53(35-41(3)4)64(87)75-58(45(11)12)70(93)78(20)54(36-42(5)6)63(86)72-48(16)62(85)73-49(17)66(89)79(21)55(37-43(7)8)68(91)80(22)56(38-44(9)10)69(92)81(23)59(46(13)14)71(94)82(24)60(65(88)74-52)61(84)47(15)29-28-30-50-31-33-51(34-32-50)97-40-99(95,96-25)98-27-2/h28,30-34,41-49,52-56,58-61,84H,26-27,29,35-40H2,1-25H3,(H,72,86)(H,73,85)(H,74,88)(H,75,87)/b30-28+/t47-,48+,49-,52+,53+,54+,55+,56+,58+,59+,60+,61-,99?/m1/s1. The maximum Gasteiger partial charge on any atom is 0.367 e. The van der Waals surface area contributed by atoms with Gasteiger partial charge in [-0.1, -0.05) is 121 Å². The Balaban J connectivity index is 2.98. The first-order valence-electron chi connectivity index (χ1n) is 34.9. The summed E-state index contributed by atoms with van der Waals surface area (Å²) in [5.74, 6) is -9.99. The van der Waals surface area contributed by atoms with Crippen LogP contribution in [0.25, 0.3) is 6.08 Å². The van der Waals surface area contributed by atoms with Gasteiger partial charge in [-0.15, -0.1) is 0 Å². The third kappa shape index (κ3) is 25.6. The molecule has 0 radical (unpaired) electrons. The highest BCUT2D eigenvalue weighted by Gasteiger charge is 2.46. The normalized spacial score (nSPS) is 25.4. The molecule has 13 atom stereocenters. The monoisotopic (exact) mass is 1420 g/mol. The zero-order chi connectivity index (χ0) is 76.0. The van der Waals surface area contributed by atoms with Gasteiger partial charge >= 0.3 is 7.60 Å². The first-order chi connectivity index (χ1) is 45.9. The number of ether oxygens (including phenoxy) is 1. The van der Waals surface area contributed by atoms with E-state index < -0.39 is 163 Å². The second-order valence-electron chi connectivity index (χ2n) is 29.0. The van der Waals surface area contributed by atoms with Crippen molar-refractivity contribution in [3.8, 4) is 5.75 Å². The summed E-state index contributed by atoms with van der Waals surface area (Å²) in [5.41, 5.74) is 0.719. The number of hydrogen-bond acceptors (Lipinski definition) is 16. The predicted octanol–water partition coefficient (Wildman–Crippen LogP) is 5.62. The molecule has 27 nitrogen and oxygen atoms in total. The van der Waals surface area contributed by atoms with Crippen LogP contribution in [-0.2, 0) is 66.4 Å². The van der Waals surface area contributed by atoms with Gasteiger partial charge in [0.25, 0.3) is 0 Å². The molecule has 1 unspecified atom stereocenters. The number of amides is 11. The van der Waals surface area contributed by atoms with Crippen molar-refractivity contribution >= 4 is 78.7 Å². The molecule has 99 heavy (non-hydrogen) atoms. The van der Waals surface area contributed by atoms with Gasteiger partial charge in [0.05, 0.1) is 19.3 Å². The minimum atomic E-state index is -3.47. The second kappa shape index (κ2) is 40.5. The number of rotatable bonds is 22. The summed E-state index contributed by atoms with van der Waals surface area (Å²) >= 11 is 0. The Morgan fingerprint density at radius 1 is 0.525 bits per heavy atom.